The average molecular weight is 348 g/mol. The number of amides is 2. The molecule has 0 spiro atoms. The van der Waals surface area contributed by atoms with Crippen LogP contribution < -0.4 is 10.6 Å². The first-order valence-electron chi connectivity index (χ1n) is 5.26. The summed E-state index contributed by atoms with van der Waals surface area (Å²) in [7, 11) is 0. The number of hydrogen-bond donors (Lipinski definition) is 3. The number of nitrogens with one attached hydrogen (secondary N) is 2. The monoisotopic (exact) mass is 346 g/mol. The molecule has 0 fully saturated rings. The summed E-state index contributed by atoms with van der Waals surface area (Å²) in [6.07, 6.45) is 0. The van der Waals surface area contributed by atoms with Crippen molar-refractivity contribution in [3.05, 3.63) is 45.9 Å². The van der Waals surface area contributed by atoms with Crippen LogP contribution in [0.1, 0.15) is 11.6 Å². The Kier molecular flexibility index (Phi) is 5.85. The molecule has 0 saturated heterocycles. The van der Waals surface area contributed by atoms with Crippen LogP contribution in [0.3, 0.4) is 0 Å². The summed E-state index contributed by atoms with van der Waals surface area (Å²) in [5.41, 5.74) is 0.324. The van der Waals surface area contributed by atoms with E-state index in [1.54, 1.807) is 24.3 Å². The zero-order valence-corrected chi connectivity index (χ0v) is 12.2. The molecular weight excluding hydrogens is 336 g/mol. The van der Waals surface area contributed by atoms with Crippen molar-refractivity contribution in [2.45, 2.75) is 6.04 Å². The molecule has 0 aliphatic heterocycles. The van der Waals surface area contributed by atoms with E-state index >= 15 is 0 Å². The lowest BCUT2D eigenvalue weighted by molar-refractivity contribution is -0.139. The van der Waals surface area contributed by atoms with Crippen LogP contribution in [0.2, 0.25) is 5.02 Å². The molecule has 0 unspecified atom stereocenters. The quantitative estimate of drug-likeness (QED) is 0.766. The standard InChI is InChI=1S/C12H12BrClN2O3/c1-7(13)6-15-12(19)16-10(11(17)18)8-4-2-3-5-9(8)14/h2-5,10H,1,6H2,(H,17,18)(H2,15,16,19)/t10-/m1/s1. The fourth-order valence-corrected chi connectivity index (χ4v) is 1.73. The van der Waals surface area contributed by atoms with Crippen molar-refractivity contribution in [3.63, 3.8) is 0 Å². The van der Waals surface area contributed by atoms with Crippen LogP contribution >= 0.6 is 27.5 Å². The lowest BCUT2D eigenvalue weighted by Crippen LogP contribution is -2.41. The number of aliphatic carboxylic acids is 1. The summed E-state index contributed by atoms with van der Waals surface area (Å²) in [5, 5.41) is 14.2. The molecule has 1 atom stereocenters. The van der Waals surface area contributed by atoms with E-state index in [2.05, 4.69) is 33.1 Å². The average Bonchev–Trinajstić information content (AvgIpc) is 2.34. The SMILES string of the molecule is C=C(Br)CNC(=O)N[C@@H](C(=O)O)c1ccccc1Cl. The molecule has 2 amide bonds. The van der Waals surface area contributed by atoms with Gasteiger partial charge < -0.3 is 15.7 Å². The van der Waals surface area contributed by atoms with Crippen LogP contribution in [-0.4, -0.2) is 23.7 Å². The molecule has 3 N–H and O–H groups in total. The van der Waals surface area contributed by atoms with Crippen LogP contribution in [0.25, 0.3) is 0 Å². The van der Waals surface area contributed by atoms with Crippen LogP contribution in [0.15, 0.2) is 35.3 Å². The van der Waals surface area contributed by atoms with E-state index in [0.717, 1.165) is 0 Å². The number of carboxylic acids is 1. The first-order valence-corrected chi connectivity index (χ1v) is 6.43. The number of carbonyl (C=O) groups is 2. The second-order valence-corrected chi connectivity index (χ2v) is 5.17. The van der Waals surface area contributed by atoms with Gasteiger partial charge in [0.15, 0.2) is 6.04 Å². The molecule has 0 radical (unpaired) electrons. The van der Waals surface area contributed by atoms with E-state index in [-0.39, 0.29) is 11.6 Å². The van der Waals surface area contributed by atoms with Gasteiger partial charge in [0.1, 0.15) is 0 Å². The van der Waals surface area contributed by atoms with Crippen LogP contribution in [0.4, 0.5) is 4.79 Å². The van der Waals surface area contributed by atoms with E-state index in [1.165, 1.54) is 0 Å². The zero-order valence-electron chi connectivity index (χ0n) is 9.82. The number of carbonyl (C=O) groups excluding carboxylic acids is 1. The molecule has 1 aromatic carbocycles. The highest BCUT2D eigenvalue weighted by Crippen LogP contribution is 2.22. The maximum absolute atomic E-state index is 11.6. The first-order chi connectivity index (χ1) is 8.91. The van der Waals surface area contributed by atoms with Gasteiger partial charge in [-0.3, -0.25) is 0 Å². The third-order valence-corrected chi connectivity index (χ3v) is 2.80. The molecular formula is C12H12BrClN2O3. The van der Waals surface area contributed by atoms with Gasteiger partial charge in [0.25, 0.3) is 0 Å². The maximum Gasteiger partial charge on any atom is 0.331 e. The van der Waals surface area contributed by atoms with Crippen molar-refractivity contribution < 1.29 is 14.7 Å². The van der Waals surface area contributed by atoms with E-state index < -0.39 is 18.0 Å². The molecule has 0 saturated carbocycles. The Morgan fingerprint density at radius 1 is 1.42 bits per heavy atom. The van der Waals surface area contributed by atoms with Gasteiger partial charge in [0.05, 0.1) is 6.54 Å². The predicted molar refractivity (Wildman–Crippen MR) is 76.4 cm³/mol. The minimum absolute atomic E-state index is 0.195. The largest absolute Gasteiger partial charge is 0.479 e. The zero-order chi connectivity index (χ0) is 14.4. The van der Waals surface area contributed by atoms with Crippen molar-refractivity contribution in [1.29, 1.82) is 0 Å². The number of carboxylic acid groups (broad SMARTS) is 1. The number of hydrogen-bond acceptors (Lipinski definition) is 2. The summed E-state index contributed by atoms with van der Waals surface area (Å²) in [4.78, 5) is 22.8. The van der Waals surface area contributed by atoms with E-state index in [1.807, 2.05) is 0 Å². The molecule has 0 bridgehead atoms. The van der Waals surface area contributed by atoms with Crippen LogP contribution in [0, 0.1) is 0 Å². The number of rotatable bonds is 5. The summed E-state index contributed by atoms with van der Waals surface area (Å²) < 4.78 is 0.576. The maximum atomic E-state index is 11.6. The molecule has 1 rings (SSSR count). The van der Waals surface area contributed by atoms with E-state index in [0.29, 0.717) is 10.0 Å². The van der Waals surface area contributed by atoms with Crippen molar-refractivity contribution in [2.24, 2.45) is 0 Å². The van der Waals surface area contributed by atoms with Gasteiger partial charge in [-0.15, -0.1) is 0 Å². The Balaban J connectivity index is 2.80. The Morgan fingerprint density at radius 3 is 2.58 bits per heavy atom. The topological polar surface area (TPSA) is 78.4 Å². The highest BCUT2D eigenvalue weighted by Gasteiger charge is 2.23. The fourth-order valence-electron chi connectivity index (χ4n) is 1.34. The number of halogens is 2. The Hall–Kier alpha value is -1.53. The first kappa shape index (κ1) is 15.5. The van der Waals surface area contributed by atoms with E-state index in [9.17, 15) is 9.59 Å². The Morgan fingerprint density at radius 2 is 2.05 bits per heavy atom. The third-order valence-electron chi connectivity index (χ3n) is 2.18. The second-order valence-electron chi connectivity index (χ2n) is 3.64. The molecule has 0 heterocycles. The smallest absolute Gasteiger partial charge is 0.331 e. The molecule has 0 aliphatic rings. The lowest BCUT2D eigenvalue weighted by Gasteiger charge is -2.16. The molecule has 7 heteroatoms. The van der Waals surface area contributed by atoms with Gasteiger partial charge in [0, 0.05) is 15.1 Å². The fraction of sp³-hybridized carbons (Fsp3) is 0.167. The molecule has 102 valence electrons. The normalized spacial score (nSPS) is 11.5. The summed E-state index contributed by atoms with van der Waals surface area (Å²) >= 11 is 9.00. The van der Waals surface area contributed by atoms with Gasteiger partial charge in [-0.25, -0.2) is 9.59 Å². The summed E-state index contributed by atoms with van der Waals surface area (Å²) in [6, 6.07) is 4.61. The highest BCUT2D eigenvalue weighted by molar-refractivity contribution is 9.11. The summed E-state index contributed by atoms with van der Waals surface area (Å²) in [6.45, 7) is 3.75. The predicted octanol–water partition coefficient (Wildman–Crippen LogP) is 2.67. The van der Waals surface area contributed by atoms with E-state index in [4.69, 9.17) is 16.7 Å². The molecule has 0 aromatic heterocycles. The van der Waals surface area contributed by atoms with Gasteiger partial charge in [-0.05, 0) is 6.07 Å². The Labute approximate surface area is 123 Å². The van der Waals surface area contributed by atoms with Crippen molar-refractivity contribution in [3.8, 4) is 0 Å². The molecule has 5 nitrogen and oxygen atoms in total. The minimum Gasteiger partial charge on any atom is -0.479 e. The number of urea groups is 1. The Bertz CT molecular complexity index is 508. The van der Waals surface area contributed by atoms with Gasteiger partial charge in [-0.2, -0.15) is 0 Å². The molecule has 1 aromatic rings. The van der Waals surface area contributed by atoms with Crippen molar-refractivity contribution in [2.75, 3.05) is 6.54 Å². The van der Waals surface area contributed by atoms with Crippen molar-refractivity contribution >= 4 is 39.5 Å². The van der Waals surface area contributed by atoms with Crippen molar-refractivity contribution in [1.82, 2.24) is 10.6 Å². The second kappa shape index (κ2) is 7.16. The van der Waals surface area contributed by atoms with Gasteiger partial charge in [0.2, 0.25) is 0 Å². The molecule has 19 heavy (non-hydrogen) atoms. The van der Waals surface area contributed by atoms with Crippen LogP contribution in [-0.2, 0) is 4.79 Å². The summed E-state index contributed by atoms with van der Waals surface area (Å²) in [5.74, 6) is -1.19. The van der Waals surface area contributed by atoms with Gasteiger partial charge >= 0.3 is 12.0 Å². The third kappa shape index (κ3) is 4.92. The highest BCUT2D eigenvalue weighted by atomic mass is 79.9. The number of benzene rings is 1. The van der Waals surface area contributed by atoms with Gasteiger partial charge in [-0.1, -0.05) is 52.3 Å². The van der Waals surface area contributed by atoms with Crippen LogP contribution in [0.5, 0.6) is 0 Å². The molecule has 0 aliphatic carbocycles. The minimum atomic E-state index is -1.21. The lowest BCUT2D eigenvalue weighted by atomic mass is 10.1.